The molecule has 0 bridgehead atoms. The number of rotatable bonds is 7. The van der Waals surface area contributed by atoms with Gasteiger partial charge in [0.2, 0.25) is 10.0 Å². The molecule has 1 unspecified atom stereocenters. The van der Waals surface area contributed by atoms with Crippen LogP contribution in [-0.2, 0) is 19.6 Å². The van der Waals surface area contributed by atoms with Crippen LogP contribution in [0.25, 0.3) is 0 Å². The number of anilines is 2. The molecule has 1 aliphatic rings. The van der Waals surface area contributed by atoms with Gasteiger partial charge in [-0.2, -0.15) is 0 Å². The van der Waals surface area contributed by atoms with Gasteiger partial charge in [0.25, 0.3) is 5.91 Å². The highest BCUT2D eigenvalue weighted by Gasteiger charge is 2.31. The van der Waals surface area contributed by atoms with Crippen molar-refractivity contribution in [1.29, 1.82) is 0 Å². The first-order valence-electron chi connectivity index (χ1n) is 10.1. The number of unbranched alkanes of at least 4 members (excludes halogenated alkanes) is 1. The highest BCUT2D eigenvalue weighted by Crippen LogP contribution is 2.34. The molecule has 1 N–H and O–H groups in total. The van der Waals surface area contributed by atoms with Crippen LogP contribution in [0.2, 0.25) is 0 Å². The summed E-state index contributed by atoms with van der Waals surface area (Å²) in [4.78, 5) is 24.8. The predicted molar refractivity (Wildman–Crippen MR) is 118 cm³/mol. The molecule has 0 saturated heterocycles. The van der Waals surface area contributed by atoms with E-state index in [9.17, 15) is 18.0 Å². The van der Waals surface area contributed by atoms with E-state index in [1.54, 1.807) is 48.5 Å². The van der Waals surface area contributed by atoms with Crippen LogP contribution in [0.5, 0.6) is 5.75 Å². The number of hydrogen-bond acceptors (Lipinski definition) is 6. The molecule has 2 aromatic rings. The zero-order valence-corrected chi connectivity index (χ0v) is 18.4. The quantitative estimate of drug-likeness (QED) is 0.518. The molecule has 1 aliphatic heterocycles. The normalized spacial score (nSPS) is 15.9. The zero-order chi connectivity index (χ0) is 22.4. The maximum absolute atomic E-state index is 12.8. The van der Waals surface area contributed by atoms with E-state index in [-0.39, 0.29) is 13.0 Å². The molecule has 1 heterocycles. The second-order valence-electron chi connectivity index (χ2n) is 7.25. The number of nitrogens with zero attached hydrogens (tertiary/aromatic N) is 1. The first-order valence-corrected chi connectivity index (χ1v) is 12.0. The molecule has 8 nitrogen and oxygen atoms in total. The second kappa shape index (κ2) is 9.82. The van der Waals surface area contributed by atoms with Crippen LogP contribution in [0.15, 0.2) is 48.5 Å². The number of esters is 1. The summed E-state index contributed by atoms with van der Waals surface area (Å²) in [6.45, 7) is 2.51. The molecule has 31 heavy (non-hydrogen) atoms. The van der Waals surface area contributed by atoms with Gasteiger partial charge >= 0.3 is 5.97 Å². The van der Waals surface area contributed by atoms with Gasteiger partial charge in [0, 0.05) is 18.7 Å². The lowest BCUT2D eigenvalue weighted by Crippen LogP contribution is -2.35. The first-order chi connectivity index (χ1) is 14.8. The van der Waals surface area contributed by atoms with E-state index in [1.807, 2.05) is 6.92 Å². The standard InChI is InChI=1S/C22H26N2O6S/c1-3-4-15-29-22(26)16-9-11-17(12-10-16)23-21(25)20-13-14-24(31(2,27)28)18-7-5-6-8-19(18)30-20/h5-12,20H,3-4,13-15H2,1-2H3,(H,23,25). The Bertz CT molecular complexity index is 1040. The third kappa shape index (κ3) is 5.75. The minimum Gasteiger partial charge on any atom is -0.478 e. The van der Waals surface area contributed by atoms with Gasteiger partial charge in [-0.25, -0.2) is 13.2 Å². The van der Waals surface area contributed by atoms with Crippen molar-refractivity contribution < 1.29 is 27.5 Å². The van der Waals surface area contributed by atoms with Crippen molar-refractivity contribution in [2.24, 2.45) is 0 Å². The number of para-hydroxylation sites is 2. The van der Waals surface area contributed by atoms with Crippen molar-refractivity contribution in [3.8, 4) is 5.75 Å². The Labute approximate surface area is 182 Å². The number of sulfonamides is 1. The minimum absolute atomic E-state index is 0.121. The number of carbonyl (C=O) groups is 2. The lowest BCUT2D eigenvalue weighted by molar-refractivity contribution is -0.122. The summed E-state index contributed by atoms with van der Waals surface area (Å²) >= 11 is 0. The lowest BCUT2D eigenvalue weighted by atomic mass is 10.2. The lowest BCUT2D eigenvalue weighted by Gasteiger charge is -2.20. The third-order valence-corrected chi connectivity index (χ3v) is 5.99. The third-order valence-electron chi connectivity index (χ3n) is 4.81. The Kier molecular flexibility index (Phi) is 7.17. The highest BCUT2D eigenvalue weighted by atomic mass is 32.2. The molecule has 166 valence electrons. The molecule has 1 amide bonds. The molecule has 0 radical (unpaired) electrons. The molecule has 0 spiro atoms. The SMILES string of the molecule is CCCCOC(=O)c1ccc(NC(=O)C2CCN(S(C)(=O)=O)c3ccccc3O2)cc1. The fourth-order valence-corrected chi connectivity index (χ4v) is 4.11. The van der Waals surface area contributed by atoms with Crippen LogP contribution in [0.3, 0.4) is 0 Å². The number of carbonyl (C=O) groups excluding carboxylic acids is 2. The number of hydrogen-bond donors (Lipinski definition) is 1. The van der Waals surface area contributed by atoms with E-state index < -0.39 is 28.0 Å². The predicted octanol–water partition coefficient (Wildman–Crippen LogP) is 3.20. The van der Waals surface area contributed by atoms with Gasteiger partial charge in [0.1, 0.15) is 5.75 Å². The number of nitrogens with one attached hydrogen (secondary N) is 1. The van der Waals surface area contributed by atoms with E-state index in [2.05, 4.69) is 5.32 Å². The second-order valence-corrected chi connectivity index (χ2v) is 9.16. The summed E-state index contributed by atoms with van der Waals surface area (Å²) in [5, 5.41) is 2.76. The topological polar surface area (TPSA) is 102 Å². The van der Waals surface area contributed by atoms with Crippen molar-refractivity contribution in [2.45, 2.75) is 32.3 Å². The average molecular weight is 447 g/mol. The number of benzene rings is 2. The zero-order valence-electron chi connectivity index (χ0n) is 17.5. The molecule has 3 rings (SSSR count). The molecule has 0 saturated carbocycles. The highest BCUT2D eigenvalue weighted by molar-refractivity contribution is 7.92. The minimum atomic E-state index is -3.51. The summed E-state index contributed by atoms with van der Waals surface area (Å²) in [5.41, 5.74) is 1.31. The molecular formula is C22H26N2O6S. The monoisotopic (exact) mass is 446 g/mol. The molecule has 0 aromatic heterocycles. The summed E-state index contributed by atoms with van der Waals surface area (Å²) in [5.74, 6) is -0.477. The van der Waals surface area contributed by atoms with Gasteiger partial charge in [-0.05, 0) is 42.8 Å². The van der Waals surface area contributed by atoms with Crippen LogP contribution in [-0.4, -0.2) is 45.8 Å². The Morgan fingerprint density at radius 2 is 1.87 bits per heavy atom. The fraction of sp³-hybridized carbons (Fsp3) is 0.364. The Hall–Kier alpha value is -3.07. The average Bonchev–Trinajstić information content (AvgIpc) is 2.94. The summed E-state index contributed by atoms with van der Waals surface area (Å²) in [6.07, 6.45) is 2.19. The van der Waals surface area contributed by atoms with Gasteiger partial charge in [-0.3, -0.25) is 9.10 Å². The van der Waals surface area contributed by atoms with Crippen LogP contribution < -0.4 is 14.4 Å². The molecule has 0 fully saturated rings. The van der Waals surface area contributed by atoms with Gasteiger partial charge in [-0.1, -0.05) is 25.5 Å². The van der Waals surface area contributed by atoms with E-state index in [0.717, 1.165) is 19.1 Å². The van der Waals surface area contributed by atoms with Gasteiger partial charge in [-0.15, -0.1) is 0 Å². The number of fused-ring (bicyclic) bond motifs is 1. The van der Waals surface area contributed by atoms with E-state index in [1.165, 1.54) is 4.31 Å². The largest absolute Gasteiger partial charge is 0.478 e. The summed E-state index contributed by atoms with van der Waals surface area (Å²) in [6, 6.07) is 13.1. The van der Waals surface area contributed by atoms with Gasteiger partial charge in [0.15, 0.2) is 6.10 Å². The Morgan fingerprint density at radius 3 is 2.55 bits per heavy atom. The first kappa shape index (κ1) is 22.6. The van der Waals surface area contributed by atoms with Crippen LogP contribution in [0.1, 0.15) is 36.5 Å². The van der Waals surface area contributed by atoms with Crippen molar-refractivity contribution >= 4 is 33.3 Å². The van der Waals surface area contributed by atoms with Crippen molar-refractivity contribution in [1.82, 2.24) is 0 Å². The van der Waals surface area contributed by atoms with E-state index in [0.29, 0.717) is 29.3 Å². The maximum atomic E-state index is 12.8. The van der Waals surface area contributed by atoms with Crippen molar-refractivity contribution in [2.75, 3.05) is 29.0 Å². The number of ether oxygens (including phenoxy) is 2. The van der Waals surface area contributed by atoms with Gasteiger partial charge < -0.3 is 14.8 Å². The summed E-state index contributed by atoms with van der Waals surface area (Å²) in [7, 11) is -3.51. The van der Waals surface area contributed by atoms with Crippen molar-refractivity contribution in [3.63, 3.8) is 0 Å². The smallest absolute Gasteiger partial charge is 0.338 e. The molecular weight excluding hydrogens is 420 g/mol. The van der Waals surface area contributed by atoms with E-state index >= 15 is 0 Å². The van der Waals surface area contributed by atoms with Crippen LogP contribution in [0, 0.1) is 0 Å². The molecule has 0 aliphatic carbocycles. The van der Waals surface area contributed by atoms with Crippen LogP contribution in [0.4, 0.5) is 11.4 Å². The Balaban J connectivity index is 1.68. The molecule has 9 heteroatoms. The molecule has 1 atom stereocenters. The van der Waals surface area contributed by atoms with Crippen molar-refractivity contribution in [3.05, 3.63) is 54.1 Å². The van der Waals surface area contributed by atoms with Gasteiger partial charge in [0.05, 0.1) is 24.1 Å². The Morgan fingerprint density at radius 1 is 1.16 bits per heavy atom. The fourth-order valence-electron chi connectivity index (χ4n) is 3.16. The maximum Gasteiger partial charge on any atom is 0.338 e. The van der Waals surface area contributed by atoms with Crippen LogP contribution >= 0.6 is 0 Å². The summed E-state index contributed by atoms with van der Waals surface area (Å²) < 4.78 is 36.6. The molecule has 2 aromatic carbocycles. The number of amides is 1. The van der Waals surface area contributed by atoms with E-state index in [4.69, 9.17) is 9.47 Å².